The molecule has 1 aromatic heterocycles. The second-order valence-corrected chi connectivity index (χ2v) is 5.08. The van der Waals surface area contributed by atoms with Crippen LogP contribution < -0.4 is 10.6 Å². The molecule has 0 saturated carbocycles. The number of carbonyl (C=O) groups is 2. The van der Waals surface area contributed by atoms with Crippen LogP contribution in [0.3, 0.4) is 0 Å². The van der Waals surface area contributed by atoms with E-state index in [1.54, 1.807) is 6.20 Å². The first kappa shape index (κ1) is 15.4. The van der Waals surface area contributed by atoms with Gasteiger partial charge >= 0.3 is 12.0 Å². The summed E-state index contributed by atoms with van der Waals surface area (Å²) in [4.78, 5) is 26.6. The predicted molar refractivity (Wildman–Crippen MR) is 73.1 cm³/mol. The molecule has 0 aromatic carbocycles. The Morgan fingerprint density at radius 2 is 2.11 bits per heavy atom. The van der Waals surface area contributed by atoms with Gasteiger partial charge in [0.1, 0.15) is 5.01 Å². The van der Waals surface area contributed by atoms with Gasteiger partial charge in [0.2, 0.25) is 0 Å². The molecule has 0 aliphatic rings. The molecule has 1 heterocycles. The molecule has 3 N–H and O–H groups in total. The van der Waals surface area contributed by atoms with Gasteiger partial charge in [0.25, 0.3) is 0 Å². The highest BCUT2D eigenvalue weighted by Gasteiger charge is 2.18. The van der Waals surface area contributed by atoms with Crippen molar-refractivity contribution >= 4 is 23.3 Å². The fraction of sp³-hybridized carbons (Fsp3) is 0.583. The maximum absolute atomic E-state index is 11.8. The highest BCUT2D eigenvalue weighted by Crippen LogP contribution is 2.18. The second-order valence-electron chi connectivity index (χ2n) is 4.15. The maximum Gasteiger partial charge on any atom is 0.315 e. The van der Waals surface area contributed by atoms with Gasteiger partial charge in [0.15, 0.2) is 0 Å². The summed E-state index contributed by atoms with van der Waals surface area (Å²) in [6.45, 7) is 3.80. The van der Waals surface area contributed by atoms with Crippen LogP contribution >= 0.6 is 11.3 Å². The first-order valence-corrected chi connectivity index (χ1v) is 7.13. The fourth-order valence-corrected chi connectivity index (χ4v) is 2.41. The van der Waals surface area contributed by atoms with Crippen LogP contribution in [0.25, 0.3) is 0 Å². The Morgan fingerprint density at radius 1 is 1.37 bits per heavy atom. The van der Waals surface area contributed by atoms with Gasteiger partial charge in [-0.2, -0.15) is 0 Å². The van der Waals surface area contributed by atoms with Gasteiger partial charge < -0.3 is 15.7 Å². The topological polar surface area (TPSA) is 91.3 Å². The monoisotopic (exact) mass is 285 g/mol. The summed E-state index contributed by atoms with van der Waals surface area (Å²) in [6, 6.07) is -0.844. The number of amides is 2. The number of carbonyl (C=O) groups excluding carboxylic acids is 1. The molecule has 0 fully saturated rings. The number of rotatable bonds is 7. The molecule has 0 saturated heterocycles. The molecular weight excluding hydrogens is 266 g/mol. The molecule has 1 rings (SSSR count). The molecule has 19 heavy (non-hydrogen) atoms. The molecule has 1 aromatic rings. The molecular formula is C12H19N3O3S. The molecule has 2 atom stereocenters. The third kappa shape index (κ3) is 5.25. The molecule has 0 spiro atoms. The Labute approximate surface area is 116 Å². The smallest absolute Gasteiger partial charge is 0.315 e. The molecule has 6 nitrogen and oxygen atoms in total. The summed E-state index contributed by atoms with van der Waals surface area (Å²) in [5, 5.41) is 16.9. The van der Waals surface area contributed by atoms with Gasteiger partial charge in [0.05, 0.1) is 12.5 Å². The number of thiazole rings is 1. The van der Waals surface area contributed by atoms with E-state index in [-0.39, 0.29) is 24.5 Å². The van der Waals surface area contributed by atoms with Crippen molar-refractivity contribution < 1.29 is 14.7 Å². The first-order valence-electron chi connectivity index (χ1n) is 6.25. The number of nitrogens with zero attached hydrogens (tertiary/aromatic N) is 1. The zero-order valence-electron chi connectivity index (χ0n) is 11.0. The van der Waals surface area contributed by atoms with Crippen molar-refractivity contribution in [2.24, 2.45) is 0 Å². The van der Waals surface area contributed by atoms with E-state index in [1.807, 2.05) is 19.2 Å². The minimum atomic E-state index is -0.917. The number of urea groups is 1. The SMILES string of the molecule is CCC(CC(=O)O)NC(=O)NC(CC)c1nccs1. The van der Waals surface area contributed by atoms with Crippen molar-refractivity contribution in [2.45, 2.75) is 45.2 Å². The van der Waals surface area contributed by atoms with Crippen molar-refractivity contribution in [1.82, 2.24) is 15.6 Å². The second kappa shape index (κ2) is 7.73. The lowest BCUT2D eigenvalue weighted by molar-refractivity contribution is -0.137. The lowest BCUT2D eigenvalue weighted by Crippen LogP contribution is -2.44. The molecule has 2 amide bonds. The average Bonchev–Trinajstić information content (AvgIpc) is 2.88. The molecule has 0 aliphatic carbocycles. The average molecular weight is 285 g/mol. The normalized spacial score (nSPS) is 13.6. The van der Waals surface area contributed by atoms with Crippen LogP contribution in [0.2, 0.25) is 0 Å². The van der Waals surface area contributed by atoms with Gasteiger partial charge in [-0.3, -0.25) is 4.79 Å². The van der Waals surface area contributed by atoms with Crippen molar-refractivity contribution in [3.05, 3.63) is 16.6 Å². The van der Waals surface area contributed by atoms with E-state index in [1.165, 1.54) is 11.3 Å². The standard InChI is InChI=1S/C12H19N3O3S/c1-3-8(7-10(16)17)14-12(18)15-9(4-2)11-13-5-6-19-11/h5-6,8-9H,3-4,7H2,1-2H3,(H,16,17)(H2,14,15,18). The molecule has 2 unspecified atom stereocenters. The van der Waals surface area contributed by atoms with E-state index in [0.717, 1.165) is 11.4 Å². The molecule has 0 radical (unpaired) electrons. The van der Waals surface area contributed by atoms with Crippen LogP contribution in [0.1, 0.15) is 44.2 Å². The van der Waals surface area contributed by atoms with Gasteiger partial charge in [-0.25, -0.2) is 9.78 Å². The predicted octanol–water partition coefficient (Wildman–Crippen LogP) is 2.15. The van der Waals surface area contributed by atoms with Crippen molar-refractivity contribution in [3.8, 4) is 0 Å². The van der Waals surface area contributed by atoms with Crippen molar-refractivity contribution in [3.63, 3.8) is 0 Å². The number of hydrogen-bond acceptors (Lipinski definition) is 4. The third-order valence-corrected chi connectivity index (χ3v) is 3.60. The van der Waals surface area contributed by atoms with E-state index < -0.39 is 5.97 Å². The number of aromatic nitrogens is 1. The summed E-state index contributed by atoms with van der Waals surface area (Å²) in [6.07, 6.45) is 2.93. The molecule has 0 aliphatic heterocycles. The summed E-state index contributed by atoms with van der Waals surface area (Å²) in [5.74, 6) is -0.917. The molecule has 106 valence electrons. The summed E-state index contributed by atoms with van der Waals surface area (Å²) >= 11 is 1.49. The Kier molecular flexibility index (Phi) is 6.27. The Morgan fingerprint density at radius 3 is 2.58 bits per heavy atom. The van der Waals surface area contributed by atoms with Gasteiger partial charge in [0, 0.05) is 17.6 Å². The maximum atomic E-state index is 11.8. The Hall–Kier alpha value is -1.63. The minimum Gasteiger partial charge on any atom is -0.481 e. The highest BCUT2D eigenvalue weighted by molar-refractivity contribution is 7.09. The number of carboxylic acids is 1. The van der Waals surface area contributed by atoms with E-state index in [0.29, 0.717) is 6.42 Å². The van der Waals surface area contributed by atoms with Gasteiger partial charge in [-0.05, 0) is 12.8 Å². The number of hydrogen-bond donors (Lipinski definition) is 3. The van der Waals surface area contributed by atoms with Crippen LogP contribution in [-0.4, -0.2) is 28.1 Å². The highest BCUT2D eigenvalue weighted by atomic mass is 32.1. The molecule has 7 heteroatoms. The van der Waals surface area contributed by atoms with E-state index >= 15 is 0 Å². The summed E-state index contributed by atoms with van der Waals surface area (Å²) in [7, 11) is 0. The Balaban J connectivity index is 2.51. The minimum absolute atomic E-state index is 0.0715. The largest absolute Gasteiger partial charge is 0.481 e. The lowest BCUT2D eigenvalue weighted by Gasteiger charge is -2.19. The quantitative estimate of drug-likeness (QED) is 0.716. The van der Waals surface area contributed by atoms with E-state index in [2.05, 4.69) is 15.6 Å². The molecule has 0 bridgehead atoms. The zero-order valence-corrected chi connectivity index (χ0v) is 11.9. The summed E-state index contributed by atoms with van der Waals surface area (Å²) in [5.41, 5.74) is 0. The number of carboxylic acid groups (broad SMARTS) is 1. The summed E-state index contributed by atoms with van der Waals surface area (Å²) < 4.78 is 0. The number of aliphatic carboxylic acids is 1. The zero-order chi connectivity index (χ0) is 14.3. The fourth-order valence-electron chi connectivity index (χ4n) is 1.64. The van der Waals surface area contributed by atoms with E-state index in [9.17, 15) is 9.59 Å². The lowest BCUT2D eigenvalue weighted by atomic mass is 10.1. The van der Waals surface area contributed by atoms with Crippen LogP contribution in [-0.2, 0) is 4.79 Å². The van der Waals surface area contributed by atoms with Crippen molar-refractivity contribution in [2.75, 3.05) is 0 Å². The van der Waals surface area contributed by atoms with E-state index in [4.69, 9.17) is 5.11 Å². The van der Waals surface area contributed by atoms with Crippen LogP contribution in [0.5, 0.6) is 0 Å². The third-order valence-electron chi connectivity index (χ3n) is 2.71. The number of nitrogens with one attached hydrogen (secondary N) is 2. The van der Waals surface area contributed by atoms with Crippen LogP contribution in [0, 0.1) is 0 Å². The van der Waals surface area contributed by atoms with Crippen molar-refractivity contribution in [1.29, 1.82) is 0 Å². The van der Waals surface area contributed by atoms with Gasteiger partial charge in [-0.15, -0.1) is 11.3 Å². The van der Waals surface area contributed by atoms with Gasteiger partial charge in [-0.1, -0.05) is 13.8 Å². The first-order chi connectivity index (χ1) is 9.06. The Bertz CT molecular complexity index is 408. The van der Waals surface area contributed by atoms with Crippen LogP contribution in [0.15, 0.2) is 11.6 Å². The van der Waals surface area contributed by atoms with Crippen LogP contribution in [0.4, 0.5) is 4.79 Å².